The van der Waals surface area contributed by atoms with E-state index in [4.69, 9.17) is 0 Å². The second-order valence-corrected chi connectivity index (χ2v) is 1.67. The molecule has 2 nitrogen and oxygen atoms in total. The van der Waals surface area contributed by atoms with E-state index < -0.39 is 0 Å². The molecule has 0 radical (unpaired) electrons. The zero-order chi connectivity index (χ0) is 7.11. The minimum atomic E-state index is 1.06. The van der Waals surface area contributed by atoms with Gasteiger partial charge in [-0.2, -0.15) is 10.2 Å². The first kappa shape index (κ1) is 8.34. The number of hydrogen-bond donors (Lipinski definition) is 0. The molecule has 1 aliphatic rings. The van der Waals surface area contributed by atoms with Gasteiger partial charge in [0, 0.05) is 11.9 Å². The van der Waals surface area contributed by atoms with Gasteiger partial charge in [0.2, 0.25) is 0 Å². The van der Waals surface area contributed by atoms with Crippen molar-refractivity contribution in [1.29, 1.82) is 0 Å². The summed E-state index contributed by atoms with van der Waals surface area (Å²) >= 11 is 0. The van der Waals surface area contributed by atoms with E-state index in [1.54, 1.807) is 0 Å². The first-order valence-electron chi connectivity index (χ1n) is 3.44. The average Bonchev–Trinajstić information content (AvgIpc) is 1.94. The summed E-state index contributed by atoms with van der Waals surface area (Å²) in [7, 11) is 0. The molecule has 0 saturated heterocycles. The van der Waals surface area contributed by atoms with Gasteiger partial charge in [-0.15, -0.1) is 0 Å². The van der Waals surface area contributed by atoms with Gasteiger partial charge in [0.25, 0.3) is 0 Å². The van der Waals surface area contributed by atoms with E-state index in [2.05, 4.69) is 10.2 Å². The van der Waals surface area contributed by atoms with E-state index in [-0.39, 0.29) is 0 Å². The SMILES string of the molecule is CC.CC1=NN=CCC1. The summed E-state index contributed by atoms with van der Waals surface area (Å²) in [5.74, 6) is 0. The van der Waals surface area contributed by atoms with Crippen LogP contribution in [0.5, 0.6) is 0 Å². The zero-order valence-corrected chi connectivity index (χ0v) is 6.39. The Balaban J connectivity index is 0.000000291. The van der Waals surface area contributed by atoms with Crippen LogP contribution < -0.4 is 0 Å². The highest BCUT2D eigenvalue weighted by molar-refractivity contribution is 5.85. The van der Waals surface area contributed by atoms with Crippen molar-refractivity contribution in [2.45, 2.75) is 33.6 Å². The third-order valence-corrected chi connectivity index (χ3v) is 0.945. The predicted molar refractivity (Wildman–Crippen MR) is 42.2 cm³/mol. The maximum Gasteiger partial charge on any atom is 0.0378 e. The van der Waals surface area contributed by atoms with Crippen LogP contribution in [0.25, 0.3) is 0 Å². The van der Waals surface area contributed by atoms with Crippen molar-refractivity contribution >= 4 is 11.9 Å². The lowest BCUT2D eigenvalue weighted by molar-refractivity contribution is 1.06. The molecule has 0 spiro atoms. The van der Waals surface area contributed by atoms with Gasteiger partial charge in [0.05, 0.1) is 0 Å². The molecule has 0 aromatic heterocycles. The maximum absolute atomic E-state index is 3.82. The van der Waals surface area contributed by atoms with Crippen molar-refractivity contribution in [1.82, 2.24) is 0 Å². The van der Waals surface area contributed by atoms with Crippen LogP contribution in [0.15, 0.2) is 10.2 Å². The monoisotopic (exact) mass is 126 g/mol. The van der Waals surface area contributed by atoms with Gasteiger partial charge < -0.3 is 0 Å². The van der Waals surface area contributed by atoms with E-state index in [9.17, 15) is 0 Å². The molecule has 2 heteroatoms. The number of nitrogens with zero attached hydrogens (tertiary/aromatic N) is 2. The molecule has 0 N–H and O–H groups in total. The van der Waals surface area contributed by atoms with E-state index in [1.165, 1.54) is 0 Å². The molecule has 0 fully saturated rings. The van der Waals surface area contributed by atoms with Gasteiger partial charge in [0.15, 0.2) is 0 Å². The Kier molecular flexibility index (Phi) is 5.07. The summed E-state index contributed by atoms with van der Waals surface area (Å²) in [5, 5.41) is 7.54. The third-order valence-electron chi connectivity index (χ3n) is 0.945. The normalized spacial score (nSPS) is 15.7. The zero-order valence-electron chi connectivity index (χ0n) is 6.39. The van der Waals surface area contributed by atoms with Crippen molar-refractivity contribution in [3.8, 4) is 0 Å². The van der Waals surface area contributed by atoms with Gasteiger partial charge in [-0.1, -0.05) is 13.8 Å². The van der Waals surface area contributed by atoms with E-state index >= 15 is 0 Å². The molecule has 52 valence electrons. The van der Waals surface area contributed by atoms with Crippen LogP contribution >= 0.6 is 0 Å². The Morgan fingerprint density at radius 2 is 2.11 bits per heavy atom. The van der Waals surface area contributed by atoms with Crippen LogP contribution in [0.4, 0.5) is 0 Å². The molecule has 0 saturated carbocycles. The average molecular weight is 126 g/mol. The van der Waals surface area contributed by atoms with Crippen LogP contribution in [0, 0.1) is 0 Å². The summed E-state index contributed by atoms with van der Waals surface area (Å²) in [6.07, 6.45) is 3.99. The fourth-order valence-corrected chi connectivity index (χ4v) is 0.521. The minimum Gasteiger partial charge on any atom is -0.164 e. The molecule has 0 aromatic rings. The molecular formula is C7H14N2. The van der Waals surface area contributed by atoms with Crippen molar-refractivity contribution in [3.05, 3.63) is 0 Å². The lowest BCUT2D eigenvalue weighted by atomic mass is 10.2. The fourth-order valence-electron chi connectivity index (χ4n) is 0.521. The highest BCUT2D eigenvalue weighted by atomic mass is 15.2. The first-order valence-corrected chi connectivity index (χ1v) is 3.44. The Morgan fingerprint density at radius 3 is 2.33 bits per heavy atom. The van der Waals surface area contributed by atoms with Gasteiger partial charge in [0.1, 0.15) is 0 Å². The van der Waals surface area contributed by atoms with Crippen LogP contribution in [-0.2, 0) is 0 Å². The second-order valence-electron chi connectivity index (χ2n) is 1.67. The lowest BCUT2D eigenvalue weighted by Crippen LogP contribution is -1.94. The fraction of sp³-hybridized carbons (Fsp3) is 0.714. The summed E-state index contributed by atoms with van der Waals surface area (Å²) in [6.45, 7) is 6.00. The highest BCUT2D eigenvalue weighted by Crippen LogP contribution is 1.95. The standard InChI is InChI=1S/C5H8N2.C2H6/c1-5-3-2-4-6-7-5;1-2/h4H,2-3H2,1H3;1-2H3. The van der Waals surface area contributed by atoms with Gasteiger partial charge in [-0.3, -0.25) is 0 Å². The van der Waals surface area contributed by atoms with Crippen molar-refractivity contribution in [2.24, 2.45) is 10.2 Å². The van der Waals surface area contributed by atoms with Crippen LogP contribution in [0.2, 0.25) is 0 Å². The maximum atomic E-state index is 3.82. The first-order chi connectivity index (χ1) is 4.39. The molecule has 0 bridgehead atoms. The predicted octanol–water partition coefficient (Wildman–Crippen LogP) is 2.25. The molecule has 0 unspecified atom stereocenters. The lowest BCUT2D eigenvalue weighted by Gasteiger charge is -1.96. The second kappa shape index (κ2) is 5.48. The highest BCUT2D eigenvalue weighted by Gasteiger charge is 1.91. The van der Waals surface area contributed by atoms with Crippen LogP contribution in [0.1, 0.15) is 33.6 Å². The van der Waals surface area contributed by atoms with Crippen molar-refractivity contribution < 1.29 is 0 Å². The minimum absolute atomic E-state index is 1.06. The Labute approximate surface area is 56.7 Å². The Morgan fingerprint density at radius 1 is 1.44 bits per heavy atom. The Hall–Kier alpha value is -0.660. The van der Waals surface area contributed by atoms with Crippen molar-refractivity contribution in [2.75, 3.05) is 0 Å². The molecule has 0 aromatic carbocycles. The van der Waals surface area contributed by atoms with Gasteiger partial charge in [-0.05, 0) is 19.8 Å². The number of rotatable bonds is 0. The summed E-state index contributed by atoms with van der Waals surface area (Å²) in [6, 6.07) is 0. The smallest absolute Gasteiger partial charge is 0.0378 e. The third kappa shape index (κ3) is 3.88. The molecule has 0 amide bonds. The van der Waals surface area contributed by atoms with Crippen LogP contribution in [0.3, 0.4) is 0 Å². The van der Waals surface area contributed by atoms with E-state index in [0.717, 1.165) is 18.6 Å². The molecule has 9 heavy (non-hydrogen) atoms. The summed E-state index contributed by atoms with van der Waals surface area (Å²) < 4.78 is 0. The summed E-state index contributed by atoms with van der Waals surface area (Å²) in [5.41, 5.74) is 1.14. The summed E-state index contributed by atoms with van der Waals surface area (Å²) in [4.78, 5) is 0. The molecule has 1 rings (SSSR count). The molecular weight excluding hydrogens is 112 g/mol. The largest absolute Gasteiger partial charge is 0.164 e. The Bertz CT molecular complexity index is 114. The molecule has 1 aliphatic heterocycles. The van der Waals surface area contributed by atoms with Gasteiger partial charge in [-0.25, -0.2) is 0 Å². The van der Waals surface area contributed by atoms with Crippen molar-refractivity contribution in [3.63, 3.8) is 0 Å². The quantitative estimate of drug-likeness (QED) is 0.475. The van der Waals surface area contributed by atoms with Crippen LogP contribution in [-0.4, -0.2) is 11.9 Å². The molecule has 1 heterocycles. The number of hydrogen-bond acceptors (Lipinski definition) is 2. The molecule has 0 aliphatic carbocycles. The molecule has 0 atom stereocenters. The van der Waals surface area contributed by atoms with E-state index in [1.807, 2.05) is 27.0 Å². The van der Waals surface area contributed by atoms with E-state index in [0.29, 0.717) is 0 Å². The topological polar surface area (TPSA) is 24.7 Å². The van der Waals surface area contributed by atoms with Gasteiger partial charge >= 0.3 is 0 Å².